The number of pyridine rings is 1. The summed E-state index contributed by atoms with van der Waals surface area (Å²) in [5.41, 5.74) is 4.31. The lowest BCUT2D eigenvalue weighted by atomic mass is 9.95. The van der Waals surface area contributed by atoms with E-state index in [0.717, 1.165) is 11.1 Å². The molecule has 1 atom stereocenters. The summed E-state index contributed by atoms with van der Waals surface area (Å²) in [6, 6.07) is 22.5. The van der Waals surface area contributed by atoms with Crippen molar-refractivity contribution in [2.24, 2.45) is 0 Å². The molecule has 1 aliphatic rings. The monoisotopic (exact) mass is 551 g/mol. The van der Waals surface area contributed by atoms with E-state index in [9.17, 15) is 14.4 Å². The van der Waals surface area contributed by atoms with Crippen LogP contribution < -0.4 is 15.4 Å². The van der Waals surface area contributed by atoms with E-state index in [0.29, 0.717) is 33.5 Å². The van der Waals surface area contributed by atoms with Crippen molar-refractivity contribution in [2.45, 2.75) is 19.9 Å². The van der Waals surface area contributed by atoms with Gasteiger partial charge in [0, 0.05) is 10.9 Å². The summed E-state index contributed by atoms with van der Waals surface area (Å²) in [6.07, 6.45) is 0. The van der Waals surface area contributed by atoms with Gasteiger partial charge in [-0.05, 0) is 49.7 Å². The van der Waals surface area contributed by atoms with Crippen molar-refractivity contribution >= 4 is 28.9 Å². The van der Waals surface area contributed by atoms with Crippen molar-refractivity contribution in [1.29, 1.82) is 0 Å². The third-order valence-corrected chi connectivity index (χ3v) is 6.70. The Balaban J connectivity index is 1.51. The maximum absolute atomic E-state index is 13.6. The molecule has 41 heavy (non-hydrogen) atoms. The number of hydrogen-bond donors (Lipinski definition) is 2. The number of fused-ring (bicyclic) bond motifs is 1. The van der Waals surface area contributed by atoms with Gasteiger partial charge in [0.25, 0.3) is 0 Å². The molecule has 2 amide bonds. The molecule has 1 unspecified atom stereocenters. The number of hydrogen-bond acceptors (Lipinski definition) is 7. The van der Waals surface area contributed by atoms with Gasteiger partial charge < -0.3 is 24.8 Å². The van der Waals surface area contributed by atoms with E-state index < -0.39 is 24.0 Å². The molecule has 0 radical (unpaired) electrons. The fourth-order valence-electron chi connectivity index (χ4n) is 4.71. The number of esters is 2. The van der Waals surface area contributed by atoms with Gasteiger partial charge >= 0.3 is 18.0 Å². The van der Waals surface area contributed by atoms with Gasteiger partial charge in [0.2, 0.25) is 0 Å². The minimum Gasteiger partial charge on any atom is -0.497 e. The van der Waals surface area contributed by atoms with Gasteiger partial charge in [0.05, 0.1) is 47.8 Å². The Morgan fingerprint density at radius 2 is 1.68 bits per heavy atom. The fraction of sp³-hybridized carbons (Fsp3) is 0.188. The molecule has 1 aliphatic heterocycles. The SMILES string of the molecule is CCOC(=O)C1=C(COC(=O)c2cc(-c3ccccc3)nc3ccc(C)cc23)NC(=O)NC1c1ccc(OC)cc1. The third-order valence-electron chi connectivity index (χ3n) is 6.70. The molecular weight excluding hydrogens is 522 g/mol. The molecule has 0 saturated carbocycles. The van der Waals surface area contributed by atoms with Crippen LogP contribution in [-0.2, 0) is 14.3 Å². The maximum Gasteiger partial charge on any atom is 0.339 e. The Bertz CT molecular complexity index is 1650. The number of carbonyl (C=O) groups excluding carboxylic acids is 3. The number of nitrogens with one attached hydrogen (secondary N) is 2. The van der Waals surface area contributed by atoms with Crippen LogP contribution in [-0.4, -0.2) is 43.3 Å². The zero-order valence-corrected chi connectivity index (χ0v) is 22.9. The van der Waals surface area contributed by atoms with Gasteiger partial charge in [0.1, 0.15) is 12.4 Å². The molecule has 0 saturated heterocycles. The Morgan fingerprint density at radius 3 is 2.39 bits per heavy atom. The van der Waals surface area contributed by atoms with Crippen LogP contribution in [0.1, 0.15) is 34.5 Å². The molecule has 9 heteroatoms. The molecular formula is C32H29N3O6. The topological polar surface area (TPSA) is 116 Å². The van der Waals surface area contributed by atoms with Crippen LogP contribution in [0.5, 0.6) is 5.75 Å². The van der Waals surface area contributed by atoms with Gasteiger partial charge in [-0.2, -0.15) is 0 Å². The minimum absolute atomic E-state index is 0.128. The molecule has 5 rings (SSSR count). The van der Waals surface area contributed by atoms with E-state index in [2.05, 4.69) is 10.6 Å². The lowest BCUT2D eigenvalue weighted by Gasteiger charge is -2.29. The first-order valence-corrected chi connectivity index (χ1v) is 13.1. The Morgan fingerprint density at radius 1 is 0.927 bits per heavy atom. The summed E-state index contributed by atoms with van der Waals surface area (Å²) in [7, 11) is 1.55. The van der Waals surface area contributed by atoms with Crippen LogP contribution in [0, 0.1) is 6.92 Å². The number of aromatic nitrogens is 1. The molecule has 2 N–H and O–H groups in total. The van der Waals surface area contributed by atoms with Gasteiger partial charge in [0.15, 0.2) is 0 Å². The zero-order valence-electron chi connectivity index (χ0n) is 22.9. The summed E-state index contributed by atoms with van der Waals surface area (Å²) in [6.45, 7) is 3.39. The summed E-state index contributed by atoms with van der Waals surface area (Å²) < 4.78 is 16.3. The standard InChI is InChI=1S/C32H29N3O6/c1-4-40-31(37)28-27(34-32(38)35-29(28)21-11-13-22(39-3)14-12-21)18-41-30(36)24-17-26(20-8-6-5-7-9-20)33-25-15-10-19(2)16-23(24)25/h5-17,29H,4,18H2,1-3H3,(H2,34,35,38). The van der Waals surface area contributed by atoms with Crippen LogP contribution in [0.2, 0.25) is 0 Å². The Hall–Kier alpha value is -5.18. The lowest BCUT2D eigenvalue weighted by molar-refractivity contribution is -0.139. The Labute approximate surface area is 237 Å². The fourth-order valence-corrected chi connectivity index (χ4v) is 4.71. The molecule has 4 aromatic rings. The van der Waals surface area contributed by atoms with Gasteiger partial charge in [-0.15, -0.1) is 0 Å². The summed E-state index contributed by atoms with van der Waals surface area (Å²) in [5, 5.41) is 6.04. The van der Waals surface area contributed by atoms with E-state index >= 15 is 0 Å². The highest BCUT2D eigenvalue weighted by Gasteiger charge is 2.34. The number of methoxy groups -OCH3 is 1. The largest absolute Gasteiger partial charge is 0.497 e. The van der Waals surface area contributed by atoms with Crippen LogP contribution in [0.3, 0.4) is 0 Å². The number of nitrogens with zero attached hydrogens (tertiary/aromatic N) is 1. The van der Waals surface area contributed by atoms with E-state index in [4.69, 9.17) is 19.2 Å². The summed E-state index contributed by atoms with van der Waals surface area (Å²) in [4.78, 5) is 44.1. The van der Waals surface area contributed by atoms with Gasteiger partial charge in [-0.3, -0.25) is 0 Å². The van der Waals surface area contributed by atoms with E-state index in [-0.39, 0.29) is 24.5 Å². The number of aryl methyl sites for hydroxylation is 1. The first-order valence-electron chi connectivity index (χ1n) is 13.1. The molecule has 2 heterocycles. The number of benzene rings is 3. The van der Waals surface area contributed by atoms with E-state index in [1.165, 1.54) is 0 Å². The van der Waals surface area contributed by atoms with E-state index in [1.807, 2.05) is 55.5 Å². The summed E-state index contributed by atoms with van der Waals surface area (Å²) in [5.74, 6) is -0.632. The predicted octanol–water partition coefficient (Wildman–Crippen LogP) is 5.25. The van der Waals surface area contributed by atoms with Crippen molar-refractivity contribution in [3.05, 3.63) is 107 Å². The molecule has 9 nitrogen and oxygen atoms in total. The second kappa shape index (κ2) is 11.9. The molecule has 208 valence electrons. The predicted molar refractivity (Wildman–Crippen MR) is 153 cm³/mol. The molecule has 3 aromatic carbocycles. The van der Waals surface area contributed by atoms with Crippen LogP contribution in [0.25, 0.3) is 22.2 Å². The van der Waals surface area contributed by atoms with Crippen LogP contribution in [0.4, 0.5) is 4.79 Å². The normalized spacial score (nSPS) is 14.7. The number of rotatable bonds is 8. The highest BCUT2D eigenvalue weighted by molar-refractivity contribution is 6.05. The maximum atomic E-state index is 13.6. The van der Waals surface area contributed by atoms with Crippen LogP contribution >= 0.6 is 0 Å². The Kier molecular flexibility index (Phi) is 7.96. The second-order valence-corrected chi connectivity index (χ2v) is 9.44. The van der Waals surface area contributed by atoms with Gasteiger partial charge in [-0.1, -0.05) is 54.1 Å². The van der Waals surface area contributed by atoms with Crippen molar-refractivity contribution in [3.8, 4) is 17.0 Å². The molecule has 0 aliphatic carbocycles. The zero-order chi connectivity index (χ0) is 28.9. The third kappa shape index (κ3) is 5.89. The minimum atomic E-state index is -0.823. The number of carbonyl (C=O) groups is 3. The lowest BCUT2D eigenvalue weighted by Crippen LogP contribution is -2.47. The first-order chi connectivity index (χ1) is 19.9. The van der Waals surface area contributed by atoms with Crippen LogP contribution in [0.15, 0.2) is 90.1 Å². The number of ether oxygens (including phenoxy) is 3. The second-order valence-electron chi connectivity index (χ2n) is 9.44. The highest BCUT2D eigenvalue weighted by Crippen LogP contribution is 2.30. The average Bonchev–Trinajstić information content (AvgIpc) is 2.99. The van der Waals surface area contributed by atoms with Crippen molar-refractivity contribution in [2.75, 3.05) is 20.3 Å². The number of urea groups is 1. The molecule has 0 spiro atoms. The van der Waals surface area contributed by atoms with Crippen molar-refractivity contribution < 1.29 is 28.6 Å². The smallest absolute Gasteiger partial charge is 0.339 e. The molecule has 0 fully saturated rings. The number of amides is 2. The highest BCUT2D eigenvalue weighted by atomic mass is 16.5. The molecule has 0 bridgehead atoms. The molecule has 1 aromatic heterocycles. The van der Waals surface area contributed by atoms with Gasteiger partial charge in [-0.25, -0.2) is 19.4 Å². The van der Waals surface area contributed by atoms with E-state index in [1.54, 1.807) is 44.4 Å². The van der Waals surface area contributed by atoms with Crippen molar-refractivity contribution in [1.82, 2.24) is 15.6 Å². The summed E-state index contributed by atoms with van der Waals surface area (Å²) >= 11 is 0. The first kappa shape index (κ1) is 27.4. The quantitative estimate of drug-likeness (QED) is 0.288. The average molecular weight is 552 g/mol. The van der Waals surface area contributed by atoms with Crippen molar-refractivity contribution in [3.63, 3.8) is 0 Å².